The highest BCUT2D eigenvalue weighted by Gasteiger charge is 2.69. The maximum Gasteiger partial charge on any atom is 0.235 e. The van der Waals surface area contributed by atoms with Gasteiger partial charge in [-0.25, -0.2) is 0 Å². The number of hydrogen-bond donors (Lipinski definition) is 4. The fraction of sp³-hybridized carbons (Fsp3) is 0.621. The highest BCUT2D eigenvalue weighted by molar-refractivity contribution is 6.32. The Balaban J connectivity index is 1.59. The SMILES string of the molecule is C[C@@H](NCc1cc(O)c2c(c1N(C)C)C[C@H]1C[C@H]3[C@H](N(C)C)C(=O)C(C(N)=O)C(=O)[C@@]3(O)C(=O)C1C2=O)C1CC1. The van der Waals surface area contributed by atoms with Crippen molar-refractivity contribution in [3.8, 4) is 5.75 Å². The molecule has 0 heterocycles. The molecular formula is C29H38N4O7. The molecule has 0 aromatic heterocycles. The second-order valence-electron chi connectivity index (χ2n) is 12.4. The van der Waals surface area contributed by atoms with E-state index in [1.165, 1.54) is 17.7 Å². The smallest absolute Gasteiger partial charge is 0.235 e. The number of nitrogens with one attached hydrogen (secondary N) is 1. The van der Waals surface area contributed by atoms with Crippen molar-refractivity contribution in [1.29, 1.82) is 0 Å². The second-order valence-corrected chi connectivity index (χ2v) is 12.4. The molecule has 5 rings (SSSR count). The first kappa shape index (κ1) is 28.4. The molecule has 3 saturated carbocycles. The zero-order chi connectivity index (χ0) is 29.4. The van der Waals surface area contributed by atoms with Gasteiger partial charge >= 0.3 is 0 Å². The van der Waals surface area contributed by atoms with Crippen LogP contribution in [0.15, 0.2) is 6.07 Å². The molecule has 0 aliphatic heterocycles. The molecule has 4 aliphatic rings. The maximum atomic E-state index is 14.0. The predicted octanol–water partition coefficient (Wildman–Crippen LogP) is -0.179. The van der Waals surface area contributed by atoms with E-state index in [0.717, 1.165) is 11.3 Å². The molecule has 0 saturated heterocycles. The van der Waals surface area contributed by atoms with E-state index < -0.39 is 64.4 Å². The minimum Gasteiger partial charge on any atom is -0.507 e. The van der Waals surface area contributed by atoms with E-state index >= 15 is 0 Å². The second kappa shape index (κ2) is 9.74. The van der Waals surface area contributed by atoms with Gasteiger partial charge in [-0.1, -0.05) is 0 Å². The van der Waals surface area contributed by atoms with Crippen molar-refractivity contribution in [2.75, 3.05) is 33.1 Å². The number of carbonyl (C=O) groups is 5. The average molecular weight is 555 g/mol. The van der Waals surface area contributed by atoms with Gasteiger partial charge in [0, 0.05) is 38.3 Å². The number of aromatic hydroxyl groups is 1. The Morgan fingerprint density at radius 1 is 1.15 bits per heavy atom. The number of Topliss-reactive ketones (excluding diaryl/α,β-unsaturated/α-hetero) is 4. The molecule has 5 N–H and O–H groups in total. The number of aliphatic hydroxyl groups is 1. The number of fused-ring (bicyclic) bond motifs is 3. The molecule has 3 fully saturated rings. The van der Waals surface area contributed by atoms with E-state index in [1.54, 1.807) is 20.2 Å². The Kier molecular flexibility index (Phi) is 6.91. The Hall–Kier alpha value is -3.15. The summed E-state index contributed by atoms with van der Waals surface area (Å²) in [4.78, 5) is 70.0. The lowest BCUT2D eigenvalue weighted by Gasteiger charge is -2.52. The van der Waals surface area contributed by atoms with Crippen molar-refractivity contribution in [3.63, 3.8) is 0 Å². The molecule has 2 unspecified atom stereocenters. The number of nitrogens with zero attached hydrogens (tertiary/aromatic N) is 2. The van der Waals surface area contributed by atoms with Gasteiger partial charge in [0.15, 0.2) is 34.7 Å². The van der Waals surface area contributed by atoms with Crippen LogP contribution in [0, 0.1) is 29.6 Å². The van der Waals surface area contributed by atoms with Gasteiger partial charge in [0.25, 0.3) is 0 Å². The molecule has 0 spiro atoms. The van der Waals surface area contributed by atoms with E-state index in [1.807, 2.05) is 19.0 Å². The summed E-state index contributed by atoms with van der Waals surface area (Å²) in [6, 6.07) is 0.726. The van der Waals surface area contributed by atoms with Crippen LogP contribution in [0.2, 0.25) is 0 Å². The first-order valence-electron chi connectivity index (χ1n) is 13.8. The third-order valence-corrected chi connectivity index (χ3v) is 9.50. The van der Waals surface area contributed by atoms with Gasteiger partial charge in [0.1, 0.15) is 5.75 Å². The van der Waals surface area contributed by atoms with Crippen LogP contribution in [0.1, 0.15) is 47.7 Å². The maximum absolute atomic E-state index is 14.0. The summed E-state index contributed by atoms with van der Waals surface area (Å²) in [5.74, 6) is -9.74. The van der Waals surface area contributed by atoms with Gasteiger partial charge in [-0.15, -0.1) is 0 Å². The number of carbonyl (C=O) groups excluding carboxylic acids is 5. The molecule has 11 heteroatoms. The number of phenols is 1. The zero-order valence-corrected chi connectivity index (χ0v) is 23.6. The molecule has 11 nitrogen and oxygen atoms in total. The van der Waals surface area contributed by atoms with Crippen molar-refractivity contribution in [2.45, 2.75) is 56.8 Å². The van der Waals surface area contributed by atoms with Crippen molar-refractivity contribution in [1.82, 2.24) is 10.2 Å². The largest absolute Gasteiger partial charge is 0.507 e. The number of anilines is 1. The van der Waals surface area contributed by atoms with Crippen LogP contribution >= 0.6 is 0 Å². The van der Waals surface area contributed by atoms with Crippen molar-refractivity contribution < 1.29 is 34.2 Å². The van der Waals surface area contributed by atoms with Crippen molar-refractivity contribution >= 4 is 34.7 Å². The summed E-state index contributed by atoms with van der Waals surface area (Å²) in [6.07, 6.45) is 2.63. The van der Waals surface area contributed by atoms with Gasteiger partial charge < -0.3 is 26.2 Å². The topological polar surface area (TPSA) is 170 Å². The Morgan fingerprint density at radius 2 is 1.80 bits per heavy atom. The number of benzene rings is 1. The Morgan fingerprint density at radius 3 is 2.35 bits per heavy atom. The molecule has 1 aromatic rings. The number of phenolic OH excluding ortho intramolecular Hbond substituents is 1. The lowest BCUT2D eigenvalue weighted by atomic mass is 9.52. The summed E-state index contributed by atoms with van der Waals surface area (Å²) in [6.45, 7) is 2.61. The quantitative estimate of drug-likeness (QED) is 0.332. The van der Waals surface area contributed by atoms with Gasteiger partial charge in [-0.2, -0.15) is 0 Å². The summed E-state index contributed by atoms with van der Waals surface area (Å²) in [5, 5.41) is 26.3. The van der Waals surface area contributed by atoms with Crippen LogP contribution in [-0.4, -0.2) is 90.0 Å². The zero-order valence-electron chi connectivity index (χ0n) is 23.6. The Bertz CT molecular complexity index is 1320. The molecule has 1 aromatic carbocycles. The minimum atomic E-state index is -2.72. The fourth-order valence-corrected chi connectivity index (χ4v) is 7.45. The van der Waals surface area contributed by atoms with Crippen LogP contribution in [0.4, 0.5) is 5.69 Å². The summed E-state index contributed by atoms with van der Waals surface area (Å²) >= 11 is 0. The highest BCUT2D eigenvalue weighted by atomic mass is 16.3. The number of amides is 1. The lowest BCUT2D eigenvalue weighted by molar-refractivity contribution is -0.181. The number of rotatable bonds is 7. The van der Waals surface area contributed by atoms with Crippen molar-refractivity contribution in [3.05, 3.63) is 22.8 Å². The van der Waals surface area contributed by atoms with Crippen LogP contribution in [0.5, 0.6) is 5.75 Å². The lowest BCUT2D eigenvalue weighted by Crippen LogP contribution is -2.74. The first-order chi connectivity index (χ1) is 18.7. The van der Waals surface area contributed by atoms with Crippen LogP contribution in [0.3, 0.4) is 0 Å². The third kappa shape index (κ3) is 4.09. The molecular weight excluding hydrogens is 516 g/mol. The molecule has 0 bridgehead atoms. The number of nitrogens with two attached hydrogens (primary N) is 1. The highest BCUT2D eigenvalue weighted by Crippen LogP contribution is 2.52. The number of primary amides is 1. The summed E-state index contributed by atoms with van der Waals surface area (Å²) in [7, 11) is 6.84. The standard InChI is InChI=1S/C29H38N4O7/c1-12(13-6-7-13)31-11-15-10-18(34)20-16(22(15)32(2)3)8-14-9-17-23(33(4)5)25(36)21(28(30)39)27(38)29(17,40)26(37)19(14)24(20)35/h10,12-14,17,19,21,23,31,34,40H,6-9,11H2,1-5H3,(H2,30,39)/t12-,14+,17+,19?,21?,23+,29+/m1/s1. The van der Waals surface area contributed by atoms with E-state index in [2.05, 4.69) is 12.2 Å². The van der Waals surface area contributed by atoms with Crippen LogP contribution < -0.4 is 16.0 Å². The normalized spacial score (nSPS) is 32.4. The average Bonchev–Trinajstić information content (AvgIpc) is 3.69. The third-order valence-electron chi connectivity index (χ3n) is 9.50. The summed E-state index contributed by atoms with van der Waals surface area (Å²) in [5.41, 5.74) is 4.85. The van der Waals surface area contributed by atoms with E-state index in [9.17, 15) is 34.2 Å². The van der Waals surface area contributed by atoms with E-state index in [0.29, 0.717) is 24.1 Å². The molecule has 0 radical (unpaired) electrons. The van der Waals surface area contributed by atoms with E-state index in [4.69, 9.17) is 5.73 Å². The van der Waals surface area contributed by atoms with Gasteiger partial charge in [-0.05, 0) is 75.7 Å². The first-order valence-corrected chi connectivity index (χ1v) is 13.8. The molecule has 4 aliphatic carbocycles. The number of likely N-dealkylation sites (N-methyl/N-ethyl adjacent to an activating group) is 1. The van der Waals surface area contributed by atoms with Crippen LogP contribution in [0.25, 0.3) is 0 Å². The van der Waals surface area contributed by atoms with E-state index in [-0.39, 0.29) is 24.2 Å². The van der Waals surface area contributed by atoms with Gasteiger partial charge in [-0.3, -0.25) is 28.9 Å². The van der Waals surface area contributed by atoms with Gasteiger partial charge in [0.2, 0.25) is 5.91 Å². The molecule has 40 heavy (non-hydrogen) atoms. The molecule has 7 atom stereocenters. The summed E-state index contributed by atoms with van der Waals surface area (Å²) < 4.78 is 0. The Labute approximate surface area is 233 Å². The molecule has 216 valence electrons. The predicted molar refractivity (Wildman–Crippen MR) is 145 cm³/mol. The van der Waals surface area contributed by atoms with Crippen LogP contribution in [-0.2, 0) is 32.1 Å². The molecule has 1 amide bonds. The number of ketones is 4. The minimum absolute atomic E-state index is 0.00860. The van der Waals surface area contributed by atoms with Gasteiger partial charge in [0.05, 0.1) is 17.5 Å². The number of hydrogen-bond acceptors (Lipinski definition) is 10. The fourth-order valence-electron chi connectivity index (χ4n) is 7.45. The monoisotopic (exact) mass is 554 g/mol. The van der Waals surface area contributed by atoms with Crippen molar-refractivity contribution in [2.24, 2.45) is 35.3 Å².